The molecule has 152 valence electrons. The van der Waals surface area contributed by atoms with Gasteiger partial charge in [0, 0.05) is 38.6 Å². The van der Waals surface area contributed by atoms with Crippen LogP contribution in [0.4, 0.5) is 0 Å². The number of carbonyl (C=O) groups excluding carboxylic acids is 2. The summed E-state index contributed by atoms with van der Waals surface area (Å²) in [5.41, 5.74) is 2.13. The van der Waals surface area contributed by atoms with Crippen LogP contribution < -0.4 is 5.32 Å². The Kier molecular flexibility index (Phi) is 5.64. The Morgan fingerprint density at radius 1 is 1.14 bits per heavy atom. The van der Waals surface area contributed by atoms with Crippen molar-refractivity contribution >= 4 is 33.4 Å². The number of aryl methyl sites for hydroxylation is 1. The first-order chi connectivity index (χ1) is 14.0. The van der Waals surface area contributed by atoms with E-state index in [-0.39, 0.29) is 11.8 Å². The maximum atomic E-state index is 13.0. The smallest absolute Gasteiger partial charge is 0.264 e. The molecular weight excluding hydrogens is 386 g/mol. The summed E-state index contributed by atoms with van der Waals surface area (Å²) in [6.45, 7) is 5.77. The molecule has 7 nitrogen and oxygen atoms in total. The number of amides is 2. The third-order valence-electron chi connectivity index (χ3n) is 5.30. The van der Waals surface area contributed by atoms with Crippen molar-refractivity contribution in [1.29, 1.82) is 0 Å². The molecule has 1 aliphatic rings. The molecule has 2 amide bonds. The van der Waals surface area contributed by atoms with Crippen LogP contribution in [0, 0.1) is 6.92 Å². The first-order valence-electron chi connectivity index (χ1n) is 9.78. The van der Waals surface area contributed by atoms with Crippen LogP contribution in [-0.2, 0) is 11.3 Å². The van der Waals surface area contributed by atoms with Crippen LogP contribution in [0.3, 0.4) is 0 Å². The van der Waals surface area contributed by atoms with Crippen LogP contribution >= 0.6 is 11.3 Å². The number of carbonyl (C=O) groups is 2. The second kappa shape index (κ2) is 8.34. The van der Waals surface area contributed by atoms with Crippen molar-refractivity contribution in [3.05, 3.63) is 52.5 Å². The van der Waals surface area contributed by atoms with Gasteiger partial charge in [-0.15, -0.1) is 11.3 Å². The number of nitrogens with zero attached hydrogens (tertiary/aromatic N) is 4. The Balaban J connectivity index is 1.48. The predicted molar refractivity (Wildman–Crippen MR) is 114 cm³/mol. The van der Waals surface area contributed by atoms with E-state index in [2.05, 4.69) is 27.4 Å². The van der Waals surface area contributed by atoms with Crippen LogP contribution in [0.25, 0.3) is 10.2 Å². The predicted octanol–water partition coefficient (Wildman–Crippen LogP) is 1.96. The van der Waals surface area contributed by atoms with Crippen LogP contribution in [0.15, 0.2) is 36.4 Å². The molecular formula is C21H25N5O2S. The molecule has 3 heterocycles. The van der Waals surface area contributed by atoms with E-state index in [0.29, 0.717) is 39.3 Å². The van der Waals surface area contributed by atoms with Crippen LogP contribution in [0.5, 0.6) is 0 Å². The molecule has 0 radical (unpaired) electrons. The van der Waals surface area contributed by atoms with Gasteiger partial charge in [0.1, 0.15) is 4.83 Å². The van der Waals surface area contributed by atoms with Crippen molar-refractivity contribution in [2.24, 2.45) is 0 Å². The number of nitrogens with one attached hydrogen (secondary N) is 1. The fourth-order valence-electron chi connectivity index (χ4n) is 3.63. The average Bonchev–Trinajstić information content (AvgIpc) is 3.30. The molecule has 8 heteroatoms. The highest BCUT2D eigenvalue weighted by Gasteiger charge is 2.25. The van der Waals surface area contributed by atoms with Crippen molar-refractivity contribution in [2.45, 2.75) is 13.5 Å². The number of hydrogen-bond acceptors (Lipinski definition) is 5. The molecule has 2 aromatic heterocycles. The lowest BCUT2D eigenvalue weighted by molar-refractivity contribution is -0.122. The van der Waals surface area contributed by atoms with E-state index in [4.69, 9.17) is 0 Å². The van der Waals surface area contributed by atoms with Crippen molar-refractivity contribution in [1.82, 2.24) is 24.9 Å². The molecule has 29 heavy (non-hydrogen) atoms. The monoisotopic (exact) mass is 411 g/mol. The lowest BCUT2D eigenvalue weighted by Gasteiger charge is -2.34. The maximum absolute atomic E-state index is 13.0. The van der Waals surface area contributed by atoms with Crippen LogP contribution in [0.1, 0.15) is 20.9 Å². The SMILES string of the molecule is CNC(=O)CN1CCN(C(=O)c2cc3c(C)nn(Cc4ccccc4)c3s2)CC1. The summed E-state index contributed by atoms with van der Waals surface area (Å²) in [4.78, 5) is 30.3. The molecule has 0 saturated carbocycles. The Morgan fingerprint density at radius 3 is 2.55 bits per heavy atom. The number of benzene rings is 1. The molecule has 1 fully saturated rings. The van der Waals surface area contributed by atoms with Gasteiger partial charge in [-0.1, -0.05) is 30.3 Å². The summed E-state index contributed by atoms with van der Waals surface area (Å²) in [7, 11) is 1.64. The van der Waals surface area contributed by atoms with Gasteiger partial charge in [-0.3, -0.25) is 19.2 Å². The number of piperazine rings is 1. The van der Waals surface area contributed by atoms with Gasteiger partial charge in [-0.05, 0) is 18.6 Å². The Labute approximate surface area is 173 Å². The second-order valence-electron chi connectivity index (χ2n) is 7.30. The van der Waals surface area contributed by atoms with E-state index in [1.54, 1.807) is 7.05 Å². The number of likely N-dealkylation sites (N-methyl/N-ethyl adjacent to an activating group) is 1. The lowest BCUT2D eigenvalue weighted by Crippen LogP contribution is -2.50. The van der Waals surface area contributed by atoms with Gasteiger partial charge in [0.2, 0.25) is 5.91 Å². The fraction of sp³-hybridized carbons (Fsp3) is 0.381. The normalized spacial score (nSPS) is 15.0. The molecule has 0 aliphatic carbocycles. The molecule has 0 bridgehead atoms. The summed E-state index contributed by atoms with van der Waals surface area (Å²) >= 11 is 1.51. The first kappa shape index (κ1) is 19.6. The van der Waals surface area contributed by atoms with E-state index in [1.807, 2.05) is 40.8 Å². The van der Waals surface area contributed by atoms with Gasteiger partial charge in [-0.2, -0.15) is 5.10 Å². The number of rotatable bonds is 5. The lowest BCUT2D eigenvalue weighted by atomic mass is 10.2. The minimum absolute atomic E-state index is 0.00716. The molecule has 0 atom stereocenters. The van der Waals surface area contributed by atoms with Gasteiger partial charge >= 0.3 is 0 Å². The highest BCUT2D eigenvalue weighted by atomic mass is 32.1. The van der Waals surface area contributed by atoms with E-state index in [9.17, 15) is 9.59 Å². The van der Waals surface area contributed by atoms with Gasteiger partial charge in [0.15, 0.2) is 0 Å². The molecule has 3 aromatic rings. The van der Waals surface area contributed by atoms with Gasteiger partial charge in [0.25, 0.3) is 5.91 Å². The Morgan fingerprint density at radius 2 is 1.86 bits per heavy atom. The van der Waals surface area contributed by atoms with Gasteiger partial charge in [-0.25, -0.2) is 0 Å². The summed E-state index contributed by atoms with van der Waals surface area (Å²) in [6, 6.07) is 12.2. The minimum atomic E-state index is 0.00716. The highest BCUT2D eigenvalue weighted by molar-refractivity contribution is 7.20. The summed E-state index contributed by atoms with van der Waals surface area (Å²) in [5, 5.41) is 8.35. The largest absolute Gasteiger partial charge is 0.358 e. The number of fused-ring (bicyclic) bond motifs is 1. The zero-order valence-electron chi connectivity index (χ0n) is 16.7. The minimum Gasteiger partial charge on any atom is -0.358 e. The van der Waals surface area contributed by atoms with Gasteiger partial charge in [0.05, 0.1) is 23.7 Å². The van der Waals surface area contributed by atoms with E-state index in [0.717, 1.165) is 20.8 Å². The number of aromatic nitrogens is 2. The fourth-order valence-corrected chi connectivity index (χ4v) is 4.76. The zero-order valence-corrected chi connectivity index (χ0v) is 17.5. The summed E-state index contributed by atoms with van der Waals surface area (Å²) < 4.78 is 1.99. The standard InChI is InChI=1S/C21H25N5O2S/c1-15-17-12-18(20(28)25-10-8-24(9-11-25)14-19(27)22-2)29-21(17)26(23-15)13-16-6-4-3-5-7-16/h3-7,12H,8-11,13-14H2,1-2H3,(H,22,27). The second-order valence-corrected chi connectivity index (χ2v) is 8.33. The average molecular weight is 412 g/mol. The molecule has 4 rings (SSSR count). The molecule has 1 aromatic carbocycles. The van der Waals surface area contributed by atoms with E-state index >= 15 is 0 Å². The molecule has 1 aliphatic heterocycles. The molecule has 1 saturated heterocycles. The highest BCUT2D eigenvalue weighted by Crippen LogP contribution is 2.30. The zero-order chi connectivity index (χ0) is 20.4. The Hall–Kier alpha value is -2.71. The summed E-state index contributed by atoms with van der Waals surface area (Å²) in [6.07, 6.45) is 0. The molecule has 1 N–H and O–H groups in total. The van der Waals surface area contributed by atoms with Crippen LogP contribution in [-0.4, -0.2) is 71.2 Å². The third kappa shape index (κ3) is 4.18. The van der Waals surface area contributed by atoms with E-state index in [1.165, 1.54) is 16.9 Å². The number of thiophene rings is 1. The molecule has 0 spiro atoms. The summed E-state index contributed by atoms with van der Waals surface area (Å²) in [5.74, 6) is 0.0733. The van der Waals surface area contributed by atoms with Crippen LogP contribution in [0.2, 0.25) is 0 Å². The van der Waals surface area contributed by atoms with Crippen molar-refractivity contribution in [3.63, 3.8) is 0 Å². The van der Waals surface area contributed by atoms with Crippen molar-refractivity contribution in [2.75, 3.05) is 39.8 Å². The quantitative estimate of drug-likeness (QED) is 0.697. The maximum Gasteiger partial charge on any atom is 0.264 e. The molecule has 0 unspecified atom stereocenters. The van der Waals surface area contributed by atoms with Crippen molar-refractivity contribution < 1.29 is 9.59 Å². The third-order valence-corrected chi connectivity index (χ3v) is 6.44. The van der Waals surface area contributed by atoms with E-state index < -0.39 is 0 Å². The number of hydrogen-bond donors (Lipinski definition) is 1. The van der Waals surface area contributed by atoms with Crippen molar-refractivity contribution in [3.8, 4) is 0 Å². The first-order valence-corrected chi connectivity index (χ1v) is 10.6. The van der Waals surface area contributed by atoms with Gasteiger partial charge < -0.3 is 10.2 Å². The Bertz CT molecular complexity index is 1020. The topological polar surface area (TPSA) is 70.5 Å².